The largest absolute Gasteiger partial charge is 0.334 e. The van der Waals surface area contributed by atoms with Crippen LogP contribution in [0.25, 0.3) is 0 Å². The summed E-state index contributed by atoms with van der Waals surface area (Å²) in [6.45, 7) is 0.605. The molecule has 3 heterocycles. The molecule has 8 nitrogen and oxygen atoms in total. The van der Waals surface area contributed by atoms with Gasteiger partial charge in [-0.25, -0.2) is 4.79 Å². The summed E-state index contributed by atoms with van der Waals surface area (Å²) in [7, 11) is 0. The maximum absolute atomic E-state index is 12.0. The van der Waals surface area contributed by atoms with E-state index in [1.54, 1.807) is 6.07 Å². The van der Waals surface area contributed by atoms with Gasteiger partial charge in [-0.3, -0.25) is 20.0 Å². The third kappa shape index (κ3) is 1.45. The van der Waals surface area contributed by atoms with Crippen molar-refractivity contribution in [3.8, 4) is 0 Å². The molecule has 0 radical (unpaired) electrons. The quantitative estimate of drug-likeness (QED) is 0.545. The lowest BCUT2D eigenvalue weighted by molar-refractivity contribution is -0.123. The van der Waals surface area contributed by atoms with E-state index in [0.717, 1.165) is 0 Å². The normalized spacial score (nSPS) is 26.6. The smallest absolute Gasteiger partial charge is 0.322 e. The molecule has 1 atom stereocenters. The molecule has 2 aliphatic heterocycles. The fourth-order valence-corrected chi connectivity index (χ4v) is 2.34. The summed E-state index contributed by atoms with van der Waals surface area (Å²) >= 11 is 0. The van der Waals surface area contributed by atoms with Crippen LogP contribution in [0.2, 0.25) is 0 Å². The van der Waals surface area contributed by atoms with Crippen molar-refractivity contribution < 1.29 is 14.4 Å². The molecular weight excluding hydrogens is 238 g/mol. The van der Waals surface area contributed by atoms with Crippen LogP contribution in [-0.4, -0.2) is 51.6 Å². The summed E-state index contributed by atoms with van der Waals surface area (Å²) in [5, 5.41) is 11.1. The number of aromatic amines is 1. The maximum Gasteiger partial charge on any atom is 0.322 e. The Bertz CT molecular complexity index is 526. The lowest BCUT2D eigenvalue weighted by Crippen LogP contribution is -2.49. The van der Waals surface area contributed by atoms with E-state index >= 15 is 0 Å². The molecule has 2 saturated heterocycles. The van der Waals surface area contributed by atoms with Gasteiger partial charge < -0.3 is 10.2 Å². The molecule has 3 rings (SSSR count). The summed E-state index contributed by atoms with van der Waals surface area (Å²) in [4.78, 5) is 36.4. The van der Waals surface area contributed by atoms with Crippen molar-refractivity contribution in [1.82, 2.24) is 25.7 Å². The molecule has 1 spiro atoms. The van der Waals surface area contributed by atoms with Crippen LogP contribution in [0.15, 0.2) is 12.3 Å². The lowest BCUT2D eigenvalue weighted by Gasteiger charge is -2.20. The Morgan fingerprint density at radius 3 is 2.89 bits per heavy atom. The average Bonchev–Trinajstić information content (AvgIpc) is 3.01. The monoisotopic (exact) mass is 249 g/mol. The second-order valence-electron chi connectivity index (χ2n) is 4.44. The number of amides is 4. The molecule has 18 heavy (non-hydrogen) atoms. The van der Waals surface area contributed by atoms with Crippen molar-refractivity contribution in [3.63, 3.8) is 0 Å². The number of urea groups is 1. The van der Waals surface area contributed by atoms with Crippen LogP contribution in [0, 0.1) is 0 Å². The van der Waals surface area contributed by atoms with Crippen molar-refractivity contribution in [2.75, 3.05) is 13.1 Å². The molecule has 0 aliphatic carbocycles. The van der Waals surface area contributed by atoms with Gasteiger partial charge in [-0.05, 0) is 12.5 Å². The Morgan fingerprint density at radius 1 is 1.44 bits per heavy atom. The van der Waals surface area contributed by atoms with E-state index in [-0.39, 0.29) is 18.4 Å². The summed E-state index contributed by atoms with van der Waals surface area (Å²) in [6, 6.07) is 1.07. The molecule has 1 aromatic heterocycles. The number of nitrogens with one attached hydrogen (secondary N) is 3. The minimum Gasteiger partial charge on any atom is -0.334 e. The zero-order chi connectivity index (χ0) is 12.8. The van der Waals surface area contributed by atoms with Gasteiger partial charge in [0.05, 0.1) is 6.54 Å². The summed E-state index contributed by atoms with van der Waals surface area (Å²) < 4.78 is 0. The highest BCUT2D eigenvalue weighted by atomic mass is 16.2. The van der Waals surface area contributed by atoms with E-state index < -0.39 is 11.6 Å². The first kappa shape index (κ1) is 10.8. The van der Waals surface area contributed by atoms with Crippen LogP contribution in [0.4, 0.5) is 4.79 Å². The second-order valence-corrected chi connectivity index (χ2v) is 4.44. The summed E-state index contributed by atoms with van der Waals surface area (Å²) in [6.07, 6.45) is 1.91. The van der Waals surface area contributed by atoms with Crippen molar-refractivity contribution in [2.24, 2.45) is 0 Å². The van der Waals surface area contributed by atoms with E-state index in [4.69, 9.17) is 0 Å². The zero-order valence-electron chi connectivity index (χ0n) is 9.40. The third-order valence-corrected chi connectivity index (χ3v) is 3.30. The molecule has 1 unspecified atom stereocenters. The van der Waals surface area contributed by atoms with Crippen molar-refractivity contribution >= 4 is 17.8 Å². The summed E-state index contributed by atoms with van der Waals surface area (Å²) in [5.41, 5.74) is -0.593. The highest BCUT2D eigenvalue weighted by molar-refractivity contribution is 6.08. The third-order valence-electron chi connectivity index (χ3n) is 3.30. The first-order valence-electron chi connectivity index (χ1n) is 5.53. The number of imide groups is 1. The number of hydrogen-bond donors (Lipinski definition) is 3. The van der Waals surface area contributed by atoms with Gasteiger partial charge in [0.2, 0.25) is 0 Å². The number of hydrogen-bond acceptors (Lipinski definition) is 4. The highest BCUT2D eigenvalue weighted by Gasteiger charge is 2.51. The molecule has 2 aliphatic rings. The number of likely N-dealkylation sites (tertiary alicyclic amines) is 1. The van der Waals surface area contributed by atoms with Gasteiger partial charge in [-0.15, -0.1) is 0 Å². The number of carbonyl (C=O) groups excluding carboxylic acids is 3. The molecule has 3 N–H and O–H groups in total. The van der Waals surface area contributed by atoms with Crippen LogP contribution in [0.1, 0.15) is 16.9 Å². The van der Waals surface area contributed by atoms with Gasteiger partial charge in [-0.2, -0.15) is 5.10 Å². The molecular formula is C10H11N5O3. The van der Waals surface area contributed by atoms with Crippen LogP contribution < -0.4 is 10.6 Å². The molecule has 94 valence electrons. The van der Waals surface area contributed by atoms with Gasteiger partial charge in [0.25, 0.3) is 11.8 Å². The molecule has 2 fully saturated rings. The Morgan fingerprint density at radius 2 is 2.28 bits per heavy atom. The number of nitrogens with zero attached hydrogens (tertiary/aromatic N) is 2. The topological polar surface area (TPSA) is 107 Å². The Labute approximate surface area is 102 Å². The van der Waals surface area contributed by atoms with Crippen LogP contribution >= 0.6 is 0 Å². The maximum atomic E-state index is 12.0. The van der Waals surface area contributed by atoms with E-state index in [1.807, 2.05) is 0 Å². The predicted molar refractivity (Wildman–Crippen MR) is 58.5 cm³/mol. The molecule has 0 bridgehead atoms. The fraction of sp³-hybridized carbons (Fsp3) is 0.400. The number of carbonyl (C=O) groups is 3. The van der Waals surface area contributed by atoms with Crippen molar-refractivity contribution in [3.05, 3.63) is 18.0 Å². The molecule has 4 amide bonds. The Hall–Kier alpha value is -2.38. The number of aromatic nitrogens is 2. The first-order valence-corrected chi connectivity index (χ1v) is 5.53. The van der Waals surface area contributed by atoms with Gasteiger partial charge in [0.1, 0.15) is 11.2 Å². The van der Waals surface area contributed by atoms with E-state index in [0.29, 0.717) is 18.7 Å². The van der Waals surface area contributed by atoms with Crippen LogP contribution in [-0.2, 0) is 4.79 Å². The van der Waals surface area contributed by atoms with E-state index in [9.17, 15) is 14.4 Å². The zero-order valence-corrected chi connectivity index (χ0v) is 9.40. The van der Waals surface area contributed by atoms with Crippen LogP contribution in [0.3, 0.4) is 0 Å². The van der Waals surface area contributed by atoms with Gasteiger partial charge in [0.15, 0.2) is 0 Å². The average molecular weight is 249 g/mol. The van der Waals surface area contributed by atoms with Crippen molar-refractivity contribution in [2.45, 2.75) is 12.0 Å². The van der Waals surface area contributed by atoms with Gasteiger partial charge in [0, 0.05) is 12.7 Å². The first-order chi connectivity index (χ1) is 8.61. The van der Waals surface area contributed by atoms with Gasteiger partial charge in [-0.1, -0.05) is 0 Å². The highest BCUT2D eigenvalue weighted by Crippen LogP contribution is 2.25. The van der Waals surface area contributed by atoms with Gasteiger partial charge >= 0.3 is 6.03 Å². The fourth-order valence-electron chi connectivity index (χ4n) is 2.34. The molecule has 0 aromatic carbocycles. The standard InChI is InChI=1S/C10H11N5O3/c16-7(6-1-3-11-14-6)15-4-2-10(5-15)8(17)12-9(18)13-10/h1,3H,2,4-5H2,(H,11,14)(H2,12,13,17,18). The minimum atomic E-state index is -0.966. The minimum absolute atomic E-state index is 0.183. The molecule has 0 saturated carbocycles. The van der Waals surface area contributed by atoms with E-state index in [1.165, 1.54) is 11.1 Å². The molecule has 8 heteroatoms. The molecule has 1 aromatic rings. The second kappa shape index (κ2) is 3.56. The van der Waals surface area contributed by atoms with Crippen molar-refractivity contribution in [1.29, 1.82) is 0 Å². The SMILES string of the molecule is O=C1NC(=O)C2(CCN(C(=O)c3ccn[nH]3)C2)N1. The Kier molecular flexibility index (Phi) is 2.12. The Balaban J connectivity index is 1.78. The number of rotatable bonds is 1. The lowest BCUT2D eigenvalue weighted by atomic mass is 10.00. The summed E-state index contributed by atoms with van der Waals surface area (Å²) in [5.74, 6) is -0.592. The van der Waals surface area contributed by atoms with Crippen LogP contribution in [0.5, 0.6) is 0 Å². The van der Waals surface area contributed by atoms with E-state index in [2.05, 4.69) is 20.8 Å². The number of H-pyrrole nitrogens is 1. The predicted octanol–water partition coefficient (Wildman–Crippen LogP) is -1.17.